The highest BCUT2D eigenvalue weighted by Crippen LogP contribution is 2.02. The minimum atomic E-state index is 0.0377. The van der Waals surface area contributed by atoms with Crippen LogP contribution in [0.25, 0.3) is 0 Å². The van der Waals surface area contributed by atoms with E-state index in [9.17, 15) is 4.79 Å². The highest BCUT2D eigenvalue weighted by Gasteiger charge is 2.01. The lowest BCUT2D eigenvalue weighted by Crippen LogP contribution is -2.28. The van der Waals surface area contributed by atoms with Crippen LogP contribution < -0.4 is 5.32 Å². The summed E-state index contributed by atoms with van der Waals surface area (Å²) < 4.78 is 0. The highest BCUT2D eigenvalue weighted by atomic mass is 35.5. The van der Waals surface area contributed by atoms with Gasteiger partial charge in [0.15, 0.2) is 0 Å². The van der Waals surface area contributed by atoms with Gasteiger partial charge >= 0.3 is 0 Å². The van der Waals surface area contributed by atoms with Crippen molar-refractivity contribution in [2.24, 2.45) is 0 Å². The third-order valence-electron chi connectivity index (χ3n) is 2.66. The molecule has 18 heavy (non-hydrogen) atoms. The average molecular weight is 269 g/mol. The molecule has 0 fully saturated rings. The van der Waals surface area contributed by atoms with E-state index in [-0.39, 0.29) is 5.91 Å². The predicted octanol–water partition coefficient (Wildman–Crippen LogP) is 2.25. The maximum atomic E-state index is 11.2. The molecule has 0 aliphatic heterocycles. The Morgan fingerprint density at radius 2 is 2.06 bits per heavy atom. The second kappa shape index (κ2) is 8.95. The summed E-state index contributed by atoms with van der Waals surface area (Å²) in [6.07, 6.45) is 1.36. The number of hydrogen-bond acceptors (Lipinski definition) is 2. The van der Waals surface area contributed by atoms with Gasteiger partial charge in [-0.3, -0.25) is 4.79 Å². The first-order valence-electron chi connectivity index (χ1n) is 6.27. The Morgan fingerprint density at radius 3 is 2.72 bits per heavy atom. The van der Waals surface area contributed by atoms with Gasteiger partial charge in [0, 0.05) is 25.4 Å². The normalized spacial score (nSPS) is 10.6. The highest BCUT2D eigenvalue weighted by molar-refractivity contribution is 6.18. The van der Waals surface area contributed by atoms with Gasteiger partial charge in [0.05, 0.1) is 0 Å². The molecule has 4 heteroatoms. The van der Waals surface area contributed by atoms with Crippen LogP contribution in [0, 0.1) is 0 Å². The van der Waals surface area contributed by atoms with Crippen molar-refractivity contribution in [2.75, 3.05) is 26.0 Å². The fraction of sp³-hybridized carbons (Fsp3) is 0.500. The van der Waals surface area contributed by atoms with Crippen molar-refractivity contribution in [2.45, 2.75) is 19.4 Å². The van der Waals surface area contributed by atoms with Crippen LogP contribution in [0.3, 0.4) is 0 Å². The lowest BCUT2D eigenvalue weighted by Gasteiger charge is -2.16. The summed E-state index contributed by atoms with van der Waals surface area (Å²) in [4.78, 5) is 13.4. The Morgan fingerprint density at radius 1 is 1.33 bits per heavy atom. The summed E-state index contributed by atoms with van der Waals surface area (Å²) in [5.41, 5.74) is 1.31. The molecule has 100 valence electrons. The summed E-state index contributed by atoms with van der Waals surface area (Å²) in [5.74, 6) is 0.426. The molecule has 0 radical (unpaired) electrons. The summed E-state index contributed by atoms with van der Waals surface area (Å²) in [6.45, 7) is 2.63. The molecule has 0 saturated carbocycles. The van der Waals surface area contributed by atoms with Gasteiger partial charge in [-0.25, -0.2) is 0 Å². The molecule has 0 aliphatic carbocycles. The molecule has 0 bridgehead atoms. The zero-order valence-electron chi connectivity index (χ0n) is 10.9. The Bertz CT molecular complexity index is 343. The van der Waals surface area contributed by atoms with Crippen molar-refractivity contribution < 1.29 is 4.79 Å². The van der Waals surface area contributed by atoms with E-state index in [4.69, 9.17) is 11.6 Å². The molecular formula is C14H21ClN2O. The molecule has 0 spiro atoms. The average Bonchev–Trinajstić information content (AvgIpc) is 2.36. The third kappa shape index (κ3) is 6.62. The van der Waals surface area contributed by atoms with Gasteiger partial charge in [0.1, 0.15) is 0 Å². The van der Waals surface area contributed by atoms with Gasteiger partial charge in [0.2, 0.25) is 5.91 Å². The van der Waals surface area contributed by atoms with E-state index in [1.54, 1.807) is 0 Å². The van der Waals surface area contributed by atoms with E-state index < -0.39 is 0 Å². The summed E-state index contributed by atoms with van der Waals surface area (Å²) in [6, 6.07) is 10.4. The van der Waals surface area contributed by atoms with E-state index >= 15 is 0 Å². The van der Waals surface area contributed by atoms with Crippen LogP contribution in [-0.2, 0) is 11.3 Å². The number of amides is 1. The number of nitrogens with zero attached hydrogens (tertiary/aromatic N) is 1. The van der Waals surface area contributed by atoms with E-state index in [1.165, 1.54) is 5.56 Å². The van der Waals surface area contributed by atoms with E-state index in [0.717, 1.165) is 26.1 Å². The van der Waals surface area contributed by atoms with Crippen LogP contribution in [0.1, 0.15) is 18.4 Å². The SMILES string of the molecule is CN(CCCNC(=O)CCCl)Cc1ccccc1. The fourth-order valence-corrected chi connectivity index (χ4v) is 1.90. The van der Waals surface area contributed by atoms with Crippen molar-refractivity contribution in [3.63, 3.8) is 0 Å². The van der Waals surface area contributed by atoms with Crippen molar-refractivity contribution in [3.05, 3.63) is 35.9 Å². The number of benzene rings is 1. The Kier molecular flexibility index (Phi) is 7.46. The Balaban J connectivity index is 2.10. The van der Waals surface area contributed by atoms with E-state index in [1.807, 2.05) is 6.07 Å². The lowest BCUT2D eigenvalue weighted by molar-refractivity contribution is -0.120. The van der Waals surface area contributed by atoms with Gasteiger partial charge in [-0.05, 0) is 25.6 Å². The summed E-state index contributed by atoms with van der Waals surface area (Å²) in [7, 11) is 2.09. The molecule has 0 aromatic heterocycles. The van der Waals surface area contributed by atoms with Crippen LogP contribution in [0.5, 0.6) is 0 Å². The van der Waals surface area contributed by atoms with Gasteiger partial charge in [-0.15, -0.1) is 11.6 Å². The smallest absolute Gasteiger partial charge is 0.221 e. The van der Waals surface area contributed by atoms with Crippen LogP contribution in [0.2, 0.25) is 0 Å². The van der Waals surface area contributed by atoms with Gasteiger partial charge in [0.25, 0.3) is 0 Å². The minimum absolute atomic E-state index is 0.0377. The largest absolute Gasteiger partial charge is 0.356 e. The molecule has 0 saturated heterocycles. The number of nitrogens with one attached hydrogen (secondary N) is 1. The molecule has 0 heterocycles. The molecule has 1 aromatic carbocycles. The third-order valence-corrected chi connectivity index (χ3v) is 2.84. The number of rotatable bonds is 8. The lowest BCUT2D eigenvalue weighted by atomic mass is 10.2. The monoisotopic (exact) mass is 268 g/mol. The van der Waals surface area contributed by atoms with Gasteiger partial charge in [-0.2, -0.15) is 0 Å². The topological polar surface area (TPSA) is 32.3 Å². The molecule has 3 nitrogen and oxygen atoms in total. The number of halogens is 1. The number of alkyl halides is 1. The number of hydrogen-bond donors (Lipinski definition) is 1. The molecular weight excluding hydrogens is 248 g/mol. The number of carbonyl (C=O) groups is 1. The first-order valence-corrected chi connectivity index (χ1v) is 6.81. The zero-order chi connectivity index (χ0) is 13.2. The molecule has 1 rings (SSSR count). The molecule has 0 atom stereocenters. The van der Waals surface area contributed by atoms with Crippen molar-refractivity contribution in [1.29, 1.82) is 0 Å². The predicted molar refractivity (Wildman–Crippen MR) is 75.7 cm³/mol. The van der Waals surface area contributed by atoms with Crippen molar-refractivity contribution in [1.82, 2.24) is 10.2 Å². The second-order valence-corrected chi connectivity index (χ2v) is 4.74. The molecule has 1 aromatic rings. The Hall–Kier alpha value is -1.06. The van der Waals surface area contributed by atoms with E-state index in [0.29, 0.717) is 12.3 Å². The Labute approximate surface area is 114 Å². The summed E-state index contributed by atoms with van der Waals surface area (Å²) >= 11 is 5.48. The van der Waals surface area contributed by atoms with Crippen LogP contribution in [0.15, 0.2) is 30.3 Å². The standard InChI is InChI=1S/C14H21ClN2O/c1-17(12-13-6-3-2-4-7-13)11-5-10-16-14(18)8-9-15/h2-4,6-7H,5,8-12H2,1H3,(H,16,18). The minimum Gasteiger partial charge on any atom is -0.356 e. The van der Waals surface area contributed by atoms with Crippen LogP contribution in [0.4, 0.5) is 0 Å². The molecule has 0 unspecified atom stereocenters. The van der Waals surface area contributed by atoms with Crippen LogP contribution in [-0.4, -0.2) is 36.8 Å². The van der Waals surface area contributed by atoms with Gasteiger partial charge in [-0.1, -0.05) is 30.3 Å². The van der Waals surface area contributed by atoms with Crippen molar-refractivity contribution in [3.8, 4) is 0 Å². The van der Waals surface area contributed by atoms with Crippen LogP contribution >= 0.6 is 11.6 Å². The first kappa shape index (κ1) is 15.0. The zero-order valence-corrected chi connectivity index (χ0v) is 11.6. The quantitative estimate of drug-likeness (QED) is 0.579. The summed E-state index contributed by atoms with van der Waals surface area (Å²) in [5, 5.41) is 2.85. The second-order valence-electron chi connectivity index (χ2n) is 4.37. The fourth-order valence-electron chi connectivity index (χ4n) is 1.73. The maximum Gasteiger partial charge on any atom is 0.221 e. The number of carbonyl (C=O) groups excluding carboxylic acids is 1. The molecule has 0 aliphatic rings. The van der Waals surface area contributed by atoms with E-state index in [2.05, 4.69) is 41.5 Å². The first-order chi connectivity index (χ1) is 8.72. The molecule has 1 N–H and O–H groups in total. The maximum absolute atomic E-state index is 11.2. The molecule has 1 amide bonds. The van der Waals surface area contributed by atoms with Gasteiger partial charge < -0.3 is 10.2 Å². The van der Waals surface area contributed by atoms with Crippen molar-refractivity contribution >= 4 is 17.5 Å².